The molecule has 1 unspecified atom stereocenters. The van der Waals surface area contributed by atoms with Crippen LogP contribution in [0.5, 0.6) is 5.75 Å². The summed E-state index contributed by atoms with van der Waals surface area (Å²) >= 11 is 1.54. The fourth-order valence-electron chi connectivity index (χ4n) is 4.22. The number of thioether (sulfide) groups is 1. The van der Waals surface area contributed by atoms with E-state index in [1.54, 1.807) is 18.9 Å². The third-order valence-corrected chi connectivity index (χ3v) is 7.03. The molecule has 0 aliphatic carbocycles. The number of benzene rings is 2. The van der Waals surface area contributed by atoms with Gasteiger partial charge in [0.05, 0.1) is 18.9 Å². The third kappa shape index (κ3) is 4.85. The van der Waals surface area contributed by atoms with Gasteiger partial charge < -0.3 is 9.15 Å². The van der Waals surface area contributed by atoms with Crippen LogP contribution in [0.3, 0.4) is 0 Å². The second-order valence-electron chi connectivity index (χ2n) is 8.30. The Morgan fingerprint density at radius 3 is 2.44 bits per heavy atom. The van der Waals surface area contributed by atoms with Gasteiger partial charge in [0.25, 0.3) is 0 Å². The zero-order valence-corrected chi connectivity index (χ0v) is 20.2. The first kappa shape index (κ1) is 22.6. The van der Waals surface area contributed by atoms with Gasteiger partial charge in [-0.25, -0.2) is 0 Å². The highest BCUT2D eigenvalue weighted by Gasteiger charge is 2.26. The van der Waals surface area contributed by atoms with E-state index in [9.17, 15) is 0 Å². The number of rotatable bonds is 8. The Balaban J connectivity index is 1.41. The largest absolute Gasteiger partial charge is 0.497 e. The van der Waals surface area contributed by atoms with Crippen LogP contribution in [-0.4, -0.2) is 50.1 Å². The normalized spacial score (nSPS) is 15.4. The lowest BCUT2D eigenvalue weighted by Gasteiger charge is -2.31. The molecule has 0 amide bonds. The van der Waals surface area contributed by atoms with Crippen LogP contribution in [0.15, 0.2) is 64.2 Å². The number of hydrogen-bond donors (Lipinski definition) is 0. The second kappa shape index (κ2) is 10.4. The molecule has 0 N–H and O–H groups in total. The van der Waals surface area contributed by atoms with Crippen LogP contribution in [0, 0.1) is 0 Å². The average molecular weight is 477 g/mol. The first-order chi connectivity index (χ1) is 16.7. The Kier molecular flexibility index (Phi) is 6.92. The van der Waals surface area contributed by atoms with Gasteiger partial charge in [0.2, 0.25) is 11.8 Å². The summed E-state index contributed by atoms with van der Waals surface area (Å²) in [4.78, 5) is 2.49. The van der Waals surface area contributed by atoms with Crippen LogP contribution < -0.4 is 4.74 Å². The number of likely N-dealkylation sites (tertiary alicyclic amines) is 1. The van der Waals surface area contributed by atoms with Gasteiger partial charge in [-0.3, -0.25) is 9.47 Å². The lowest BCUT2D eigenvalue weighted by molar-refractivity contribution is 0.167. The van der Waals surface area contributed by atoms with Crippen LogP contribution in [0.25, 0.3) is 17.1 Å². The molecule has 8 nitrogen and oxygen atoms in total. The number of nitrogens with zero attached hydrogens (tertiary/aromatic N) is 6. The summed E-state index contributed by atoms with van der Waals surface area (Å²) in [5.41, 5.74) is 1.91. The average Bonchev–Trinajstić information content (AvgIpc) is 3.55. The van der Waals surface area contributed by atoms with Crippen molar-refractivity contribution >= 4 is 11.8 Å². The van der Waals surface area contributed by atoms with Crippen molar-refractivity contribution in [2.45, 2.75) is 43.1 Å². The van der Waals surface area contributed by atoms with Crippen molar-refractivity contribution in [2.24, 2.45) is 0 Å². The number of methoxy groups -OCH3 is 1. The molecule has 2 aromatic heterocycles. The fourth-order valence-corrected chi connectivity index (χ4v) is 5.02. The molecule has 0 radical (unpaired) electrons. The highest BCUT2D eigenvalue weighted by molar-refractivity contribution is 7.98. The highest BCUT2D eigenvalue weighted by atomic mass is 32.2. The Hall–Kier alpha value is -3.17. The topological polar surface area (TPSA) is 82.1 Å². The van der Waals surface area contributed by atoms with Crippen LogP contribution in [-0.2, 0) is 5.75 Å². The van der Waals surface area contributed by atoms with E-state index >= 15 is 0 Å². The SMILES string of the molecule is COc1ccc(-n2c(SCc3nnc(-c4ccccc4)o3)nnc2C(C)N2CCCCC2)cc1. The molecule has 5 rings (SSSR count). The van der Waals surface area contributed by atoms with Gasteiger partial charge in [-0.15, -0.1) is 20.4 Å². The molecule has 3 heterocycles. The van der Waals surface area contributed by atoms with Crippen molar-refractivity contribution in [3.05, 3.63) is 66.3 Å². The van der Waals surface area contributed by atoms with Crippen LogP contribution in [0.4, 0.5) is 0 Å². The Bertz CT molecular complexity index is 1200. The molecule has 2 aromatic carbocycles. The number of aromatic nitrogens is 5. The van der Waals surface area contributed by atoms with Crippen molar-refractivity contribution in [2.75, 3.05) is 20.2 Å². The fraction of sp³-hybridized carbons (Fsp3) is 0.360. The highest BCUT2D eigenvalue weighted by Crippen LogP contribution is 2.31. The van der Waals surface area contributed by atoms with Gasteiger partial charge >= 0.3 is 0 Å². The molecule has 9 heteroatoms. The minimum Gasteiger partial charge on any atom is -0.497 e. The van der Waals surface area contributed by atoms with Gasteiger partial charge in [-0.2, -0.15) is 0 Å². The Labute approximate surface area is 203 Å². The summed E-state index contributed by atoms with van der Waals surface area (Å²) in [7, 11) is 1.67. The predicted molar refractivity (Wildman–Crippen MR) is 131 cm³/mol. The van der Waals surface area contributed by atoms with Gasteiger partial charge in [-0.1, -0.05) is 36.4 Å². The van der Waals surface area contributed by atoms with E-state index in [0.717, 1.165) is 41.1 Å². The maximum absolute atomic E-state index is 5.89. The molecule has 0 spiro atoms. The van der Waals surface area contributed by atoms with E-state index in [1.165, 1.54) is 19.3 Å². The zero-order chi connectivity index (χ0) is 23.3. The Morgan fingerprint density at radius 2 is 1.71 bits per heavy atom. The summed E-state index contributed by atoms with van der Waals surface area (Å²) in [6, 6.07) is 18.0. The molecule has 1 aliphatic heterocycles. The number of hydrogen-bond acceptors (Lipinski definition) is 8. The van der Waals surface area contributed by atoms with Crippen LogP contribution in [0.1, 0.15) is 43.9 Å². The second-order valence-corrected chi connectivity index (χ2v) is 9.24. The minimum atomic E-state index is 0.164. The quantitative estimate of drug-likeness (QED) is 0.322. The predicted octanol–water partition coefficient (Wildman–Crippen LogP) is 5.17. The maximum atomic E-state index is 5.89. The zero-order valence-electron chi connectivity index (χ0n) is 19.4. The lowest BCUT2D eigenvalue weighted by Crippen LogP contribution is -2.33. The molecule has 0 saturated carbocycles. The monoisotopic (exact) mass is 476 g/mol. The van der Waals surface area contributed by atoms with E-state index in [4.69, 9.17) is 9.15 Å². The minimum absolute atomic E-state index is 0.164. The lowest BCUT2D eigenvalue weighted by atomic mass is 10.1. The third-order valence-electron chi connectivity index (χ3n) is 6.11. The molecular weight excluding hydrogens is 448 g/mol. The molecule has 1 fully saturated rings. The van der Waals surface area contributed by atoms with E-state index in [2.05, 4.69) is 36.8 Å². The maximum Gasteiger partial charge on any atom is 0.247 e. The van der Waals surface area contributed by atoms with Gasteiger partial charge in [0.1, 0.15) is 5.75 Å². The molecule has 4 aromatic rings. The first-order valence-electron chi connectivity index (χ1n) is 11.6. The molecule has 1 aliphatic rings. The molecule has 0 bridgehead atoms. The van der Waals surface area contributed by atoms with Crippen LogP contribution >= 0.6 is 11.8 Å². The van der Waals surface area contributed by atoms with Gasteiger partial charge in [0.15, 0.2) is 11.0 Å². The summed E-state index contributed by atoms with van der Waals surface area (Å²) in [6.45, 7) is 4.39. The van der Waals surface area contributed by atoms with E-state index in [-0.39, 0.29) is 6.04 Å². The van der Waals surface area contributed by atoms with Crippen molar-refractivity contribution in [3.8, 4) is 22.9 Å². The molecule has 1 saturated heterocycles. The van der Waals surface area contributed by atoms with Gasteiger partial charge in [0, 0.05) is 11.3 Å². The van der Waals surface area contributed by atoms with Crippen molar-refractivity contribution in [1.29, 1.82) is 0 Å². The first-order valence-corrected chi connectivity index (χ1v) is 12.6. The van der Waals surface area contributed by atoms with Gasteiger partial charge in [-0.05, 0) is 69.3 Å². The summed E-state index contributed by atoms with van der Waals surface area (Å²) in [6.07, 6.45) is 3.75. The van der Waals surface area contributed by atoms with E-state index in [1.807, 2.05) is 54.6 Å². The van der Waals surface area contributed by atoms with E-state index in [0.29, 0.717) is 17.5 Å². The molecular formula is C25H28N6O2S. The summed E-state index contributed by atoms with van der Waals surface area (Å²) in [5, 5.41) is 18.4. The molecule has 1 atom stereocenters. The molecule has 34 heavy (non-hydrogen) atoms. The van der Waals surface area contributed by atoms with E-state index < -0.39 is 0 Å². The van der Waals surface area contributed by atoms with Crippen molar-refractivity contribution < 1.29 is 9.15 Å². The standard InChI is InChI=1S/C25H28N6O2S/c1-18(30-15-7-4-8-16-30)23-27-29-25(31(23)20-11-13-21(32-2)14-12-20)34-17-22-26-28-24(33-22)19-9-5-3-6-10-19/h3,5-6,9-14,18H,4,7-8,15-17H2,1-2H3. The van der Waals surface area contributed by atoms with Crippen LogP contribution in [0.2, 0.25) is 0 Å². The van der Waals surface area contributed by atoms with Crippen molar-refractivity contribution in [3.63, 3.8) is 0 Å². The number of ether oxygens (including phenoxy) is 1. The molecule has 176 valence electrons. The number of piperidine rings is 1. The summed E-state index contributed by atoms with van der Waals surface area (Å²) < 4.78 is 13.4. The Morgan fingerprint density at radius 1 is 0.941 bits per heavy atom. The smallest absolute Gasteiger partial charge is 0.247 e. The van der Waals surface area contributed by atoms with Crippen molar-refractivity contribution in [1.82, 2.24) is 29.9 Å². The summed E-state index contributed by atoms with van der Waals surface area (Å²) in [5.74, 6) is 3.33.